The number of nitrogens with zero attached hydrogens (tertiary/aromatic N) is 4. The van der Waals surface area contributed by atoms with Crippen LogP contribution in [0, 0.1) is 12.7 Å². The van der Waals surface area contributed by atoms with Crippen molar-refractivity contribution in [2.24, 2.45) is 0 Å². The van der Waals surface area contributed by atoms with Crippen LogP contribution in [0.5, 0.6) is 11.6 Å². The van der Waals surface area contributed by atoms with E-state index in [1.165, 1.54) is 44.7 Å². The number of aryl methyl sites for hydroxylation is 1. The normalized spacial score (nSPS) is 11.8. The lowest BCUT2D eigenvalue weighted by Crippen LogP contribution is -2.15. The molecule has 4 heterocycles. The van der Waals surface area contributed by atoms with E-state index in [2.05, 4.69) is 9.97 Å². The van der Waals surface area contributed by atoms with Crippen LogP contribution in [0.3, 0.4) is 0 Å². The summed E-state index contributed by atoms with van der Waals surface area (Å²) in [5.41, 5.74) is 1.32. The van der Waals surface area contributed by atoms with Gasteiger partial charge < -0.3 is 14.6 Å². The number of fused-ring (bicyclic) bond motifs is 2. The Kier molecular flexibility index (Phi) is 5.40. The summed E-state index contributed by atoms with van der Waals surface area (Å²) in [4.78, 5) is 20.5. The minimum atomic E-state index is -4.25. The Balaban J connectivity index is 1.90. The van der Waals surface area contributed by atoms with Crippen LogP contribution in [-0.4, -0.2) is 52.3 Å². The number of hydrogen-bond donors (Lipinski definition) is 1. The molecule has 0 aliphatic carbocycles. The largest absolute Gasteiger partial charge is 0.491 e. The van der Waals surface area contributed by atoms with Gasteiger partial charge in [-0.05, 0) is 31.2 Å². The van der Waals surface area contributed by atoms with E-state index in [9.17, 15) is 22.7 Å². The molecular formula is C24H19FN4O6S. The molecule has 12 heteroatoms. The summed E-state index contributed by atoms with van der Waals surface area (Å²) in [6.07, 6.45) is 0.832. The van der Waals surface area contributed by atoms with Gasteiger partial charge in [0, 0.05) is 23.2 Å². The number of hydrogen-bond acceptors (Lipinski definition) is 7. The third kappa shape index (κ3) is 3.53. The predicted octanol–water partition coefficient (Wildman–Crippen LogP) is 4.28. The van der Waals surface area contributed by atoms with Gasteiger partial charge in [-0.1, -0.05) is 17.7 Å². The third-order valence-corrected chi connectivity index (χ3v) is 7.45. The van der Waals surface area contributed by atoms with Crippen LogP contribution < -0.4 is 9.47 Å². The number of carbonyl (C=O) groups is 1. The van der Waals surface area contributed by atoms with E-state index in [0.717, 1.165) is 26.4 Å². The summed E-state index contributed by atoms with van der Waals surface area (Å²) < 4.78 is 54.1. The predicted molar refractivity (Wildman–Crippen MR) is 129 cm³/mol. The Morgan fingerprint density at radius 1 is 1.08 bits per heavy atom. The standard InChI is InChI=1S/C24H19FN4O6S/c1-13-4-6-16(7-5-13)36(32,33)29-18(9-14-8-15(25)11-26-22(14)29)17-12-28(24(30)31)19-10-20(34-2)23(35-3)27-21(17)19/h4-12H,1-3H3,(H,30,31). The topological polar surface area (TPSA) is 126 Å². The van der Waals surface area contributed by atoms with E-state index in [4.69, 9.17) is 9.47 Å². The van der Waals surface area contributed by atoms with E-state index in [1.807, 2.05) is 6.92 Å². The molecule has 5 aromatic rings. The quantitative estimate of drug-likeness (QED) is 0.371. The van der Waals surface area contributed by atoms with Gasteiger partial charge >= 0.3 is 6.09 Å². The lowest BCUT2D eigenvalue weighted by Gasteiger charge is -2.12. The maximum Gasteiger partial charge on any atom is 0.416 e. The van der Waals surface area contributed by atoms with Crippen molar-refractivity contribution in [3.63, 3.8) is 0 Å². The average Bonchev–Trinajstić information content (AvgIpc) is 3.41. The summed E-state index contributed by atoms with van der Waals surface area (Å²) in [6, 6.07) is 10.2. The van der Waals surface area contributed by atoms with Crippen molar-refractivity contribution in [1.82, 2.24) is 18.5 Å². The van der Waals surface area contributed by atoms with Crippen molar-refractivity contribution in [3.05, 3.63) is 66.2 Å². The van der Waals surface area contributed by atoms with E-state index in [-0.39, 0.29) is 49.8 Å². The molecule has 1 aromatic carbocycles. The molecule has 1 N–H and O–H groups in total. The van der Waals surface area contributed by atoms with E-state index < -0.39 is 21.9 Å². The van der Waals surface area contributed by atoms with E-state index in [0.29, 0.717) is 0 Å². The molecule has 0 unspecified atom stereocenters. The average molecular weight is 511 g/mol. The first-order chi connectivity index (χ1) is 17.1. The van der Waals surface area contributed by atoms with Crippen molar-refractivity contribution in [2.75, 3.05) is 14.2 Å². The fraction of sp³-hybridized carbons (Fsp3) is 0.125. The molecular weight excluding hydrogens is 491 g/mol. The number of methoxy groups -OCH3 is 2. The fourth-order valence-electron chi connectivity index (χ4n) is 4.04. The van der Waals surface area contributed by atoms with E-state index >= 15 is 0 Å². The molecule has 0 saturated heterocycles. The smallest absolute Gasteiger partial charge is 0.416 e. The second-order valence-electron chi connectivity index (χ2n) is 7.94. The van der Waals surface area contributed by atoms with Crippen LogP contribution in [0.1, 0.15) is 5.56 Å². The van der Waals surface area contributed by atoms with Crippen LogP contribution in [0.15, 0.2) is 59.8 Å². The second kappa shape index (κ2) is 8.34. The SMILES string of the molecule is COc1cc2c(nc1OC)c(-c1cc3cc(F)cnc3n1S(=O)(=O)c1ccc(C)cc1)cn2C(=O)O. The molecule has 10 nitrogen and oxygen atoms in total. The van der Waals surface area contributed by atoms with Gasteiger partial charge in [0.05, 0.1) is 36.5 Å². The molecule has 0 amide bonds. The highest BCUT2D eigenvalue weighted by Gasteiger charge is 2.28. The number of carboxylic acid groups (broad SMARTS) is 1. The first kappa shape index (κ1) is 23.3. The molecule has 0 atom stereocenters. The van der Waals surface area contributed by atoms with Gasteiger partial charge in [0.25, 0.3) is 15.9 Å². The molecule has 0 spiro atoms. The van der Waals surface area contributed by atoms with Crippen molar-refractivity contribution in [3.8, 4) is 22.9 Å². The zero-order valence-corrected chi connectivity index (χ0v) is 20.1. The molecule has 0 fully saturated rings. The van der Waals surface area contributed by atoms with Crippen LogP contribution in [0.2, 0.25) is 0 Å². The Labute approximate surface area is 204 Å². The molecule has 0 radical (unpaired) electrons. The van der Waals surface area contributed by atoms with Gasteiger partial charge in [0.2, 0.25) is 0 Å². The molecule has 0 aliphatic rings. The maximum absolute atomic E-state index is 14.0. The molecule has 4 aromatic heterocycles. The van der Waals surface area contributed by atoms with Gasteiger partial charge in [-0.15, -0.1) is 0 Å². The van der Waals surface area contributed by atoms with Crippen LogP contribution in [-0.2, 0) is 10.0 Å². The summed E-state index contributed by atoms with van der Waals surface area (Å²) in [6.45, 7) is 1.82. The molecule has 36 heavy (non-hydrogen) atoms. The minimum Gasteiger partial charge on any atom is -0.491 e. The summed E-state index contributed by atoms with van der Waals surface area (Å²) >= 11 is 0. The van der Waals surface area contributed by atoms with Gasteiger partial charge in [-0.3, -0.25) is 4.57 Å². The molecule has 0 saturated carbocycles. The lowest BCUT2D eigenvalue weighted by atomic mass is 10.2. The van der Waals surface area contributed by atoms with Gasteiger partial charge in [0.1, 0.15) is 11.3 Å². The molecule has 184 valence electrons. The Morgan fingerprint density at radius 2 is 1.81 bits per heavy atom. The van der Waals surface area contributed by atoms with Crippen molar-refractivity contribution >= 4 is 38.2 Å². The second-order valence-corrected chi connectivity index (χ2v) is 9.73. The molecule has 0 aliphatic heterocycles. The number of rotatable bonds is 5. The first-order valence-corrected chi connectivity index (χ1v) is 12.0. The lowest BCUT2D eigenvalue weighted by molar-refractivity contribution is 0.197. The first-order valence-electron chi connectivity index (χ1n) is 10.5. The monoisotopic (exact) mass is 510 g/mol. The number of benzene rings is 1. The van der Waals surface area contributed by atoms with Crippen molar-refractivity contribution in [1.29, 1.82) is 0 Å². The van der Waals surface area contributed by atoms with Crippen LogP contribution in [0.4, 0.5) is 9.18 Å². The third-order valence-electron chi connectivity index (χ3n) is 5.73. The Bertz CT molecular complexity index is 1770. The summed E-state index contributed by atoms with van der Waals surface area (Å²) in [5.74, 6) is -0.396. The number of aromatic nitrogens is 4. The number of halogens is 1. The number of pyridine rings is 2. The van der Waals surface area contributed by atoms with E-state index in [1.54, 1.807) is 12.1 Å². The van der Waals surface area contributed by atoms with Gasteiger partial charge in [-0.25, -0.2) is 31.5 Å². The number of ether oxygens (including phenoxy) is 2. The Morgan fingerprint density at radius 3 is 2.44 bits per heavy atom. The summed E-state index contributed by atoms with van der Waals surface area (Å²) in [7, 11) is -1.49. The Hall–Kier alpha value is -4.45. The van der Waals surface area contributed by atoms with Gasteiger partial charge in [0.15, 0.2) is 11.4 Å². The summed E-state index contributed by atoms with van der Waals surface area (Å²) in [5, 5.41) is 10.0. The highest BCUT2D eigenvalue weighted by Crippen LogP contribution is 2.39. The maximum atomic E-state index is 14.0. The van der Waals surface area contributed by atoms with Crippen molar-refractivity contribution < 1.29 is 32.2 Å². The minimum absolute atomic E-state index is 0.0212. The zero-order valence-electron chi connectivity index (χ0n) is 19.3. The van der Waals surface area contributed by atoms with Crippen LogP contribution >= 0.6 is 0 Å². The molecule has 5 rings (SSSR count). The van der Waals surface area contributed by atoms with Crippen LogP contribution in [0.25, 0.3) is 33.3 Å². The molecule has 0 bridgehead atoms. The van der Waals surface area contributed by atoms with Crippen molar-refractivity contribution in [2.45, 2.75) is 11.8 Å². The zero-order chi connectivity index (χ0) is 25.8. The highest BCUT2D eigenvalue weighted by atomic mass is 32.2. The van der Waals surface area contributed by atoms with Gasteiger partial charge in [-0.2, -0.15) is 0 Å². The highest BCUT2D eigenvalue weighted by molar-refractivity contribution is 7.90. The fourth-order valence-corrected chi connectivity index (χ4v) is 5.52.